The largest absolute Gasteiger partial charge is 0.490 e. The van der Waals surface area contributed by atoms with Gasteiger partial charge in [-0.3, -0.25) is 4.79 Å². The number of hydrogen-bond acceptors (Lipinski definition) is 7. The Morgan fingerprint density at radius 2 is 1.51 bits per heavy atom. The van der Waals surface area contributed by atoms with E-state index in [0.717, 1.165) is 6.42 Å². The van der Waals surface area contributed by atoms with Crippen molar-refractivity contribution < 1.29 is 28.2 Å². The molecule has 0 aliphatic heterocycles. The van der Waals surface area contributed by atoms with Crippen LogP contribution in [-0.2, 0) is 25.0 Å². The molecule has 1 rings (SSSR count). The van der Waals surface area contributed by atoms with Crippen LogP contribution in [0.2, 0.25) is 0 Å². The molecule has 2 unspecified atom stereocenters. The van der Waals surface area contributed by atoms with Crippen LogP contribution in [0.1, 0.15) is 83.6 Å². The monoisotopic (exact) mass is 513 g/mol. The Hall–Kier alpha value is -1.24. The van der Waals surface area contributed by atoms with Gasteiger partial charge >= 0.3 is 14.6 Å². The third kappa shape index (κ3) is 18.7. The predicted molar refractivity (Wildman–Crippen MR) is 143 cm³/mol. The molecule has 35 heavy (non-hydrogen) atoms. The molecule has 2 atom stereocenters. The van der Waals surface area contributed by atoms with Crippen molar-refractivity contribution in [2.75, 3.05) is 40.5 Å². The maximum atomic E-state index is 11.4. The highest BCUT2D eigenvalue weighted by molar-refractivity contribution is 7.40. The van der Waals surface area contributed by atoms with Crippen molar-refractivity contribution in [1.82, 2.24) is 4.90 Å². The van der Waals surface area contributed by atoms with Gasteiger partial charge in [-0.25, -0.2) is 0 Å². The summed E-state index contributed by atoms with van der Waals surface area (Å²) in [7, 11) is 1.81. The maximum absolute atomic E-state index is 11.4. The highest BCUT2D eigenvalue weighted by Gasteiger charge is 2.17. The van der Waals surface area contributed by atoms with Gasteiger partial charge in [0.2, 0.25) is 0 Å². The minimum Gasteiger partial charge on any atom is -0.490 e. The van der Waals surface area contributed by atoms with Crippen molar-refractivity contribution in [2.24, 2.45) is 0 Å². The second-order valence-electron chi connectivity index (χ2n) is 9.29. The molecule has 0 spiro atoms. The van der Waals surface area contributed by atoms with Gasteiger partial charge in [0.05, 0.1) is 13.2 Å². The highest BCUT2D eigenvalue weighted by atomic mass is 31.2. The summed E-state index contributed by atoms with van der Waals surface area (Å²) in [6, 6.07) is 8.07. The number of likely N-dealkylation sites (N-methyl/N-ethyl adjacent to an activating group) is 1. The van der Waals surface area contributed by atoms with Crippen molar-refractivity contribution in [3.05, 3.63) is 29.8 Å². The van der Waals surface area contributed by atoms with Gasteiger partial charge in [-0.1, -0.05) is 76.8 Å². The molecule has 202 valence electrons. The Bertz CT molecular complexity index is 643. The van der Waals surface area contributed by atoms with Gasteiger partial charge in [0.15, 0.2) is 6.10 Å². The quantitative estimate of drug-likeness (QED) is 0.111. The Morgan fingerprint density at radius 1 is 0.914 bits per heavy atom. The van der Waals surface area contributed by atoms with E-state index in [1.165, 1.54) is 76.7 Å². The Balaban J connectivity index is 2.24. The summed E-state index contributed by atoms with van der Waals surface area (Å²) in [5.41, 5.74) is 1.30. The van der Waals surface area contributed by atoms with Crippen molar-refractivity contribution >= 4 is 14.6 Å². The molecule has 0 saturated heterocycles. The van der Waals surface area contributed by atoms with Gasteiger partial charge in [-0.05, 0) is 44.6 Å². The molecule has 0 radical (unpaired) electrons. The first-order valence-corrected chi connectivity index (χ1v) is 14.3. The minimum absolute atomic E-state index is 0.000567. The maximum Gasteiger partial charge on any atom is 0.330 e. The topological polar surface area (TPSA) is 77.5 Å². The number of nitrogens with zero attached hydrogens (tertiary/aromatic N) is 1. The van der Waals surface area contributed by atoms with E-state index in [0.29, 0.717) is 18.9 Å². The van der Waals surface area contributed by atoms with E-state index in [2.05, 4.69) is 19.1 Å². The number of benzene rings is 1. The van der Waals surface area contributed by atoms with E-state index in [1.54, 1.807) is 0 Å². The molecule has 0 aromatic heterocycles. The third-order valence-electron chi connectivity index (χ3n) is 5.62. The second-order valence-corrected chi connectivity index (χ2v) is 10.3. The van der Waals surface area contributed by atoms with Crippen LogP contribution in [-0.4, -0.2) is 62.3 Å². The van der Waals surface area contributed by atoms with Gasteiger partial charge in [0.1, 0.15) is 12.4 Å². The minimum atomic E-state index is -2.03. The molecule has 0 bridgehead atoms. The van der Waals surface area contributed by atoms with Crippen LogP contribution in [0, 0.1) is 0 Å². The molecule has 0 aliphatic carbocycles. The van der Waals surface area contributed by atoms with E-state index in [4.69, 9.17) is 18.5 Å². The fraction of sp³-hybridized carbons (Fsp3) is 0.741. The summed E-state index contributed by atoms with van der Waals surface area (Å²) in [6.45, 7) is 4.77. The fourth-order valence-electron chi connectivity index (χ4n) is 3.59. The summed E-state index contributed by atoms with van der Waals surface area (Å²) < 4.78 is 21.6. The smallest absolute Gasteiger partial charge is 0.330 e. The lowest BCUT2D eigenvalue weighted by atomic mass is 10.0. The standard InChI is InChI=1S/C27H48NO6P/c1-5-6-7-8-9-10-11-12-13-14-15-25-16-18-26(19-17-25)31-22-27(34-24(2)29)23-33-35(30)32-21-20-28(3)4/h16-19,27,30H,5-15,20-23H2,1-4H3. The zero-order chi connectivity index (χ0) is 25.7. The van der Waals surface area contributed by atoms with Crippen LogP contribution >= 0.6 is 8.60 Å². The normalized spacial score (nSPS) is 13.1. The Morgan fingerprint density at radius 3 is 2.09 bits per heavy atom. The van der Waals surface area contributed by atoms with Crippen LogP contribution in [0.15, 0.2) is 24.3 Å². The van der Waals surface area contributed by atoms with Crippen molar-refractivity contribution in [3.63, 3.8) is 0 Å². The number of carbonyl (C=O) groups excluding carboxylic acids is 1. The van der Waals surface area contributed by atoms with Crippen molar-refractivity contribution in [3.8, 4) is 5.75 Å². The first kappa shape index (κ1) is 31.8. The summed E-state index contributed by atoms with van der Waals surface area (Å²) in [6.07, 6.45) is 13.9. The van der Waals surface area contributed by atoms with E-state index in [-0.39, 0.29) is 13.2 Å². The van der Waals surface area contributed by atoms with Crippen molar-refractivity contribution in [2.45, 2.75) is 90.6 Å². The molecule has 1 aromatic rings. The average molecular weight is 514 g/mol. The molecule has 0 aliphatic rings. The first-order chi connectivity index (χ1) is 16.9. The van der Waals surface area contributed by atoms with Gasteiger partial charge in [0, 0.05) is 13.5 Å². The molecule has 0 heterocycles. The molecule has 0 fully saturated rings. The lowest BCUT2D eigenvalue weighted by Gasteiger charge is -2.19. The van der Waals surface area contributed by atoms with Crippen LogP contribution in [0.3, 0.4) is 0 Å². The SMILES string of the molecule is CCCCCCCCCCCCc1ccc(OCC(COP(O)OCCN(C)C)OC(C)=O)cc1. The molecule has 0 amide bonds. The average Bonchev–Trinajstić information content (AvgIpc) is 2.82. The zero-order valence-electron chi connectivity index (χ0n) is 22.4. The summed E-state index contributed by atoms with van der Waals surface area (Å²) in [5, 5.41) is 0. The zero-order valence-corrected chi connectivity index (χ0v) is 23.3. The lowest BCUT2D eigenvalue weighted by molar-refractivity contribution is -0.149. The number of ether oxygens (including phenoxy) is 2. The van der Waals surface area contributed by atoms with E-state index < -0.39 is 20.7 Å². The first-order valence-electron chi connectivity index (χ1n) is 13.2. The summed E-state index contributed by atoms with van der Waals surface area (Å²) in [5.74, 6) is 0.285. The highest BCUT2D eigenvalue weighted by Crippen LogP contribution is 2.32. The number of aryl methyl sites for hydroxylation is 1. The van der Waals surface area contributed by atoms with E-state index >= 15 is 0 Å². The van der Waals surface area contributed by atoms with Gasteiger partial charge < -0.3 is 28.3 Å². The van der Waals surface area contributed by atoms with E-state index in [1.807, 2.05) is 31.1 Å². The number of unbranched alkanes of at least 4 members (excludes halogenated alkanes) is 9. The lowest BCUT2D eigenvalue weighted by Crippen LogP contribution is -2.28. The third-order valence-corrected chi connectivity index (χ3v) is 6.40. The molecule has 1 N–H and O–H groups in total. The van der Waals surface area contributed by atoms with Gasteiger partial charge in [0.25, 0.3) is 0 Å². The van der Waals surface area contributed by atoms with Crippen LogP contribution in [0.25, 0.3) is 0 Å². The van der Waals surface area contributed by atoms with Crippen LogP contribution < -0.4 is 4.74 Å². The molecule has 7 nitrogen and oxygen atoms in total. The van der Waals surface area contributed by atoms with Gasteiger partial charge in [-0.2, -0.15) is 0 Å². The Kier molecular flexibility index (Phi) is 19.0. The second kappa shape index (κ2) is 20.9. The summed E-state index contributed by atoms with van der Waals surface area (Å²) >= 11 is 0. The fourth-order valence-corrected chi connectivity index (χ4v) is 4.20. The number of carbonyl (C=O) groups is 1. The number of rotatable bonds is 22. The molecule has 0 saturated carbocycles. The predicted octanol–water partition coefficient (Wildman–Crippen LogP) is 6.27. The number of hydrogen-bond donors (Lipinski definition) is 1. The Labute approximate surface area is 214 Å². The van der Waals surface area contributed by atoms with Crippen molar-refractivity contribution in [1.29, 1.82) is 0 Å². The number of esters is 1. The molecular weight excluding hydrogens is 465 g/mol. The molecule has 1 aromatic carbocycles. The molecule has 8 heteroatoms. The summed E-state index contributed by atoms with van der Waals surface area (Å²) in [4.78, 5) is 23.2. The van der Waals surface area contributed by atoms with Crippen LogP contribution in [0.4, 0.5) is 0 Å². The van der Waals surface area contributed by atoms with Gasteiger partial charge in [-0.15, -0.1) is 0 Å². The van der Waals surface area contributed by atoms with E-state index in [9.17, 15) is 9.69 Å². The molecular formula is C27H48NO6P. The van der Waals surface area contributed by atoms with Crippen LogP contribution in [0.5, 0.6) is 5.75 Å².